The van der Waals surface area contributed by atoms with Crippen molar-refractivity contribution >= 4 is 51.9 Å². The van der Waals surface area contributed by atoms with Crippen molar-refractivity contribution in [3.63, 3.8) is 0 Å². The van der Waals surface area contributed by atoms with Gasteiger partial charge >= 0.3 is 5.97 Å². The maximum absolute atomic E-state index is 13.0. The van der Waals surface area contributed by atoms with Crippen molar-refractivity contribution in [1.29, 1.82) is 0 Å². The molecule has 1 fully saturated rings. The van der Waals surface area contributed by atoms with Gasteiger partial charge in [-0.05, 0) is 6.07 Å². The van der Waals surface area contributed by atoms with Crippen molar-refractivity contribution in [3.05, 3.63) is 47.2 Å². The summed E-state index contributed by atoms with van der Waals surface area (Å²) in [5.74, 6) is -2.15. The molecule has 2 aliphatic heterocycles. The number of aliphatic carboxylic acids is 1. The Bertz CT molecular complexity index is 1230. The fourth-order valence-electron chi connectivity index (χ4n) is 3.77. The molecule has 4 rings (SSSR count). The van der Waals surface area contributed by atoms with Gasteiger partial charge in [0.05, 0.1) is 6.61 Å². The lowest BCUT2D eigenvalue weighted by atomic mass is 10.0. The molecule has 0 aromatic carbocycles. The van der Waals surface area contributed by atoms with Crippen LogP contribution in [0.5, 0.6) is 0 Å². The number of oxime groups is 1. The smallest absolute Gasteiger partial charge is 0.352 e. The number of aromatic nitrogens is 3. The van der Waals surface area contributed by atoms with E-state index in [1.54, 1.807) is 7.11 Å². The van der Waals surface area contributed by atoms with Gasteiger partial charge in [-0.25, -0.2) is 9.36 Å². The molecule has 2 aliphatic rings. The molecule has 13 nitrogen and oxygen atoms in total. The second-order valence-electron chi connectivity index (χ2n) is 7.51. The highest BCUT2D eigenvalue weighted by Crippen LogP contribution is 2.40. The minimum atomic E-state index is -1.21. The number of nitrogens with one attached hydrogen (secondary N) is 1. The molecule has 1 saturated heterocycles. The third-order valence-corrected chi connectivity index (χ3v) is 7.07. The molecule has 2 atom stereocenters. The normalized spacial score (nSPS) is 19.8. The van der Waals surface area contributed by atoms with Crippen molar-refractivity contribution in [2.24, 2.45) is 5.16 Å². The van der Waals surface area contributed by atoms with Crippen LogP contribution in [-0.4, -0.2) is 74.2 Å². The Labute approximate surface area is 207 Å². The van der Waals surface area contributed by atoms with Gasteiger partial charge in [-0.3, -0.25) is 14.5 Å². The molecule has 15 heteroatoms. The van der Waals surface area contributed by atoms with Crippen molar-refractivity contribution in [3.8, 4) is 0 Å². The molecule has 0 radical (unpaired) electrons. The van der Waals surface area contributed by atoms with Crippen molar-refractivity contribution in [2.45, 2.75) is 24.6 Å². The summed E-state index contributed by atoms with van der Waals surface area (Å²) in [7, 11) is 2.85. The van der Waals surface area contributed by atoms with Crippen LogP contribution < -0.4 is 15.6 Å². The Morgan fingerprint density at radius 1 is 1.43 bits per heavy atom. The standard InChI is InChI=1S/C20H21N7O6S2/c1-32-8-10-4-3-5-26(6-10)7-11-9-34-18-13(17(29)27(18)14(11)19(30)31)22-16(28)12(24-33-2)15-23-20(21)35-25-15/h3-6,13,18H,7-9H2,1-2H3,(H3-,21,22,23,25,28,30,31)/p+1/t13?,18-/m0/s1. The third kappa shape index (κ3) is 4.96. The van der Waals surface area contributed by atoms with E-state index in [1.807, 2.05) is 29.1 Å². The first-order chi connectivity index (χ1) is 16.8. The summed E-state index contributed by atoms with van der Waals surface area (Å²) in [6.07, 6.45) is 3.68. The Hall–Kier alpha value is -3.56. The number of fused-ring (bicyclic) bond motifs is 1. The summed E-state index contributed by atoms with van der Waals surface area (Å²) in [4.78, 5) is 47.7. The first-order valence-corrected chi connectivity index (χ1v) is 12.0. The predicted octanol–water partition coefficient (Wildman–Crippen LogP) is -0.656. The van der Waals surface area contributed by atoms with Gasteiger partial charge in [-0.2, -0.15) is 9.36 Å². The Morgan fingerprint density at radius 2 is 2.23 bits per heavy atom. The van der Waals surface area contributed by atoms with Crippen LogP contribution in [0.4, 0.5) is 5.13 Å². The molecular weight excluding hydrogens is 498 g/mol. The number of carbonyl (C=O) groups is 3. The van der Waals surface area contributed by atoms with E-state index in [0.717, 1.165) is 17.1 Å². The summed E-state index contributed by atoms with van der Waals surface area (Å²) >= 11 is 2.25. The van der Waals surface area contributed by atoms with E-state index >= 15 is 0 Å². The SMILES string of the molecule is COCc1ccc[n+](CC2=C(C(=O)O)N3C(=O)C(NC(=O)C(=NOC)c4nsc(N)n4)[C@@H]3SC2)c1. The minimum absolute atomic E-state index is 0.0343. The van der Waals surface area contributed by atoms with Crippen molar-refractivity contribution in [2.75, 3.05) is 25.7 Å². The number of anilines is 1. The Balaban J connectivity index is 1.52. The number of hydrogen-bond donors (Lipinski definition) is 3. The molecule has 2 aromatic heterocycles. The number of methoxy groups -OCH3 is 1. The zero-order valence-corrected chi connectivity index (χ0v) is 20.3. The van der Waals surface area contributed by atoms with Gasteiger partial charge in [-0.15, -0.1) is 11.8 Å². The zero-order valence-electron chi connectivity index (χ0n) is 18.7. The van der Waals surface area contributed by atoms with E-state index in [0.29, 0.717) is 24.5 Å². The third-order valence-electron chi connectivity index (χ3n) is 5.19. The zero-order chi connectivity index (χ0) is 25.1. The number of rotatable bonds is 9. The molecule has 0 spiro atoms. The fraction of sp³-hybridized carbons (Fsp3) is 0.350. The molecule has 35 heavy (non-hydrogen) atoms. The fourth-order valence-corrected chi connectivity index (χ4v) is 5.54. The number of β-lactam (4-membered cyclic amide) rings is 1. The lowest BCUT2D eigenvalue weighted by Gasteiger charge is -2.49. The van der Waals surface area contributed by atoms with Crippen molar-refractivity contribution in [1.82, 2.24) is 19.6 Å². The van der Waals surface area contributed by atoms with E-state index in [4.69, 9.17) is 15.3 Å². The van der Waals surface area contributed by atoms with Gasteiger partial charge in [0.25, 0.3) is 11.8 Å². The molecular formula is C20H22N7O6S2+. The molecule has 0 bridgehead atoms. The molecule has 4 heterocycles. The molecule has 4 N–H and O–H groups in total. The number of pyridine rings is 1. The van der Waals surface area contributed by atoms with Gasteiger partial charge in [0.15, 0.2) is 24.1 Å². The van der Waals surface area contributed by atoms with Crippen LogP contribution in [0.1, 0.15) is 11.4 Å². The molecule has 2 amide bonds. The molecule has 1 unspecified atom stereocenters. The average molecular weight is 521 g/mol. The van der Waals surface area contributed by atoms with Crippen LogP contribution in [0.15, 0.2) is 41.0 Å². The predicted molar refractivity (Wildman–Crippen MR) is 125 cm³/mol. The second kappa shape index (κ2) is 10.4. The van der Waals surface area contributed by atoms with Gasteiger partial charge < -0.3 is 25.7 Å². The first kappa shape index (κ1) is 24.6. The number of amides is 2. The van der Waals surface area contributed by atoms with E-state index in [-0.39, 0.29) is 22.4 Å². The summed E-state index contributed by atoms with van der Waals surface area (Å²) < 4.78 is 10.9. The number of hydrogen-bond acceptors (Lipinski definition) is 11. The van der Waals surface area contributed by atoms with Crippen LogP contribution in [0, 0.1) is 0 Å². The molecule has 0 aliphatic carbocycles. The van der Waals surface area contributed by atoms with Crippen molar-refractivity contribution < 1.29 is 33.6 Å². The minimum Gasteiger partial charge on any atom is -0.477 e. The molecule has 0 saturated carbocycles. The second-order valence-corrected chi connectivity index (χ2v) is 9.40. The maximum atomic E-state index is 13.0. The van der Waals surface area contributed by atoms with E-state index in [9.17, 15) is 19.5 Å². The van der Waals surface area contributed by atoms with E-state index in [2.05, 4.69) is 19.8 Å². The summed E-state index contributed by atoms with van der Waals surface area (Å²) in [5.41, 5.74) is 6.78. The number of ether oxygens (including phenoxy) is 1. The molecule has 184 valence electrons. The largest absolute Gasteiger partial charge is 0.477 e. The van der Waals surface area contributed by atoms with Gasteiger partial charge in [0.2, 0.25) is 11.5 Å². The highest BCUT2D eigenvalue weighted by molar-refractivity contribution is 8.00. The summed E-state index contributed by atoms with van der Waals surface area (Å²) in [5, 5.41) is 15.7. The topological polar surface area (TPSA) is 173 Å². The Morgan fingerprint density at radius 3 is 2.89 bits per heavy atom. The quantitative estimate of drug-likeness (QED) is 0.167. The summed E-state index contributed by atoms with van der Waals surface area (Å²) in [6, 6.07) is 2.80. The number of nitrogens with two attached hydrogens (primary N) is 1. The highest BCUT2D eigenvalue weighted by atomic mass is 32.2. The molecule has 2 aromatic rings. The first-order valence-electron chi connectivity index (χ1n) is 10.2. The van der Waals surface area contributed by atoms with Crippen LogP contribution in [0.3, 0.4) is 0 Å². The Kier molecular flexibility index (Phi) is 7.28. The number of carbonyl (C=O) groups excluding carboxylic acids is 2. The van der Waals surface area contributed by atoms with E-state index in [1.165, 1.54) is 23.8 Å². The van der Waals surface area contributed by atoms with Crippen LogP contribution in [-0.2, 0) is 37.1 Å². The monoisotopic (exact) mass is 520 g/mol. The number of carboxylic acid groups (broad SMARTS) is 1. The van der Waals surface area contributed by atoms with Gasteiger partial charge in [-0.1, -0.05) is 5.16 Å². The van der Waals surface area contributed by atoms with Gasteiger partial charge in [0.1, 0.15) is 24.2 Å². The number of nitrogen functional groups attached to an aromatic ring is 1. The van der Waals surface area contributed by atoms with Crippen LogP contribution in [0.25, 0.3) is 0 Å². The average Bonchev–Trinajstić information content (AvgIpc) is 3.26. The maximum Gasteiger partial charge on any atom is 0.352 e. The van der Waals surface area contributed by atoms with Crippen LogP contribution in [0.2, 0.25) is 0 Å². The van der Waals surface area contributed by atoms with Crippen LogP contribution >= 0.6 is 23.3 Å². The highest BCUT2D eigenvalue weighted by Gasteiger charge is 2.54. The lowest BCUT2D eigenvalue weighted by Crippen LogP contribution is -2.71. The lowest BCUT2D eigenvalue weighted by molar-refractivity contribution is -0.689. The number of thioether (sulfide) groups is 1. The number of nitrogens with zero attached hydrogens (tertiary/aromatic N) is 5. The number of carboxylic acids is 1. The van der Waals surface area contributed by atoms with Gasteiger partial charge in [0, 0.05) is 41.6 Å². The van der Waals surface area contributed by atoms with E-state index < -0.39 is 29.2 Å². The summed E-state index contributed by atoms with van der Waals surface area (Å²) in [6.45, 7) is 0.715.